The number of amides is 1. The third-order valence-electron chi connectivity index (χ3n) is 3.81. The maximum atomic E-state index is 12.1. The Balaban J connectivity index is 1.52. The van der Waals surface area contributed by atoms with Crippen molar-refractivity contribution in [3.8, 4) is 5.75 Å². The summed E-state index contributed by atoms with van der Waals surface area (Å²) in [6, 6.07) is 15.2. The largest absolute Gasteiger partial charge is 0.492 e. The molecule has 1 aliphatic rings. The predicted molar refractivity (Wildman–Crippen MR) is 91.9 cm³/mol. The molecule has 1 N–H and O–H groups in total. The van der Waals surface area contributed by atoms with Crippen LogP contribution < -0.4 is 10.1 Å². The molecule has 1 aliphatic heterocycles. The number of hydrogen-bond acceptors (Lipinski definition) is 3. The molecule has 5 heteroatoms. The van der Waals surface area contributed by atoms with E-state index in [1.807, 2.05) is 18.2 Å². The van der Waals surface area contributed by atoms with E-state index in [1.165, 1.54) is 5.56 Å². The lowest BCUT2D eigenvalue weighted by atomic mass is 10.2. The van der Waals surface area contributed by atoms with Crippen molar-refractivity contribution in [1.29, 1.82) is 0 Å². The van der Waals surface area contributed by atoms with E-state index >= 15 is 0 Å². The summed E-state index contributed by atoms with van der Waals surface area (Å²) in [6.07, 6.45) is 0.449. The van der Waals surface area contributed by atoms with Crippen LogP contribution in [-0.4, -0.2) is 30.5 Å². The minimum Gasteiger partial charge on any atom is -0.492 e. The van der Waals surface area contributed by atoms with Gasteiger partial charge in [-0.2, -0.15) is 0 Å². The number of halogens is 1. The van der Waals surface area contributed by atoms with Crippen molar-refractivity contribution in [3.05, 3.63) is 59.1 Å². The molecule has 2 aromatic carbocycles. The number of carbonyl (C=O) groups is 1. The number of anilines is 1. The third-order valence-corrected chi connectivity index (χ3v) is 4.07. The van der Waals surface area contributed by atoms with E-state index in [4.69, 9.17) is 16.3 Å². The molecule has 1 heterocycles. The Morgan fingerprint density at radius 3 is 2.78 bits per heavy atom. The lowest BCUT2D eigenvalue weighted by Crippen LogP contribution is -2.29. The second-order valence-electron chi connectivity index (χ2n) is 5.54. The number of hydrogen-bond donors (Lipinski definition) is 1. The summed E-state index contributed by atoms with van der Waals surface area (Å²) in [6.45, 7) is 2.99. The van der Waals surface area contributed by atoms with Crippen LogP contribution in [0, 0.1) is 0 Å². The Hall–Kier alpha value is -2.04. The molecule has 2 aromatic rings. The molecule has 4 nitrogen and oxygen atoms in total. The van der Waals surface area contributed by atoms with Crippen LogP contribution in [0.5, 0.6) is 5.75 Å². The van der Waals surface area contributed by atoms with Crippen molar-refractivity contribution < 1.29 is 9.53 Å². The van der Waals surface area contributed by atoms with E-state index in [-0.39, 0.29) is 5.91 Å². The number of nitrogens with one attached hydrogen (secondary N) is 1. The number of carbonyl (C=O) groups excluding carboxylic acids is 1. The molecule has 0 atom stereocenters. The fraction of sp³-hybridized carbons (Fsp3) is 0.278. The zero-order valence-electron chi connectivity index (χ0n) is 12.8. The molecule has 0 aliphatic carbocycles. The molecular formula is C18H19ClN2O2. The van der Waals surface area contributed by atoms with Gasteiger partial charge in [0.1, 0.15) is 12.4 Å². The lowest BCUT2D eigenvalue weighted by molar-refractivity contribution is -0.116. The molecule has 0 spiro atoms. The van der Waals surface area contributed by atoms with E-state index in [1.54, 1.807) is 24.3 Å². The van der Waals surface area contributed by atoms with Gasteiger partial charge in [-0.25, -0.2) is 0 Å². The minimum atomic E-state index is 0.00535. The van der Waals surface area contributed by atoms with Gasteiger partial charge in [-0.3, -0.25) is 9.69 Å². The molecular weight excluding hydrogens is 312 g/mol. The quantitative estimate of drug-likeness (QED) is 0.932. The Kier molecular flexibility index (Phi) is 5.16. The van der Waals surface area contributed by atoms with Crippen LogP contribution >= 0.6 is 11.6 Å². The van der Waals surface area contributed by atoms with Gasteiger partial charge in [-0.1, -0.05) is 29.8 Å². The van der Waals surface area contributed by atoms with Crippen molar-refractivity contribution >= 4 is 23.2 Å². The highest BCUT2D eigenvalue weighted by Gasteiger charge is 2.15. The second kappa shape index (κ2) is 7.49. The van der Waals surface area contributed by atoms with Gasteiger partial charge in [0.25, 0.3) is 0 Å². The molecule has 3 rings (SSSR count). The highest BCUT2D eigenvalue weighted by molar-refractivity contribution is 6.30. The lowest BCUT2D eigenvalue weighted by Gasteiger charge is -2.18. The van der Waals surface area contributed by atoms with Crippen molar-refractivity contribution in [2.45, 2.75) is 13.0 Å². The summed E-state index contributed by atoms with van der Waals surface area (Å²) in [5.74, 6) is 0.950. The Bertz CT molecular complexity index is 673. The number of rotatable bonds is 4. The predicted octanol–water partition coefficient (Wildman–Crippen LogP) is 3.56. The fourth-order valence-electron chi connectivity index (χ4n) is 2.59. The van der Waals surface area contributed by atoms with Gasteiger partial charge < -0.3 is 10.1 Å². The summed E-state index contributed by atoms with van der Waals surface area (Å²) in [5.41, 5.74) is 1.94. The smallest absolute Gasteiger partial charge is 0.225 e. The van der Waals surface area contributed by atoms with E-state index in [0.29, 0.717) is 24.6 Å². The van der Waals surface area contributed by atoms with E-state index in [0.717, 1.165) is 24.5 Å². The first-order chi connectivity index (χ1) is 11.2. The highest BCUT2D eigenvalue weighted by atomic mass is 35.5. The monoisotopic (exact) mass is 330 g/mol. The van der Waals surface area contributed by atoms with Crippen LogP contribution in [0.25, 0.3) is 0 Å². The standard InChI is InChI=1S/C18H19ClN2O2/c19-15-5-7-16(8-6-15)20-18(22)9-10-21-11-12-23-17-4-2-1-3-14(17)13-21/h1-8H,9-13H2,(H,20,22). The summed E-state index contributed by atoms with van der Waals surface area (Å²) in [5, 5.41) is 3.55. The number of ether oxygens (including phenoxy) is 1. The molecule has 23 heavy (non-hydrogen) atoms. The second-order valence-corrected chi connectivity index (χ2v) is 5.97. The van der Waals surface area contributed by atoms with Crippen molar-refractivity contribution in [3.63, 3.8) is 0 Å². The molecule has 0 fully saturated rings. The van der Waals surface area contributed by atoms with Crippen LogP contribution in [0.4, 0.5) is 5.69 Å². The van der Waals surface area contributed by atoms with Crippen molar-refractivity contribution in [2.75, 3.05) is 25.0 Å². The molecule has 120 valence electrons. The van der Waals surface area contributed by atoms with Crippen LogP contribution in [0.2, 0.25) is 5.02 Å². The van der Waals surface area contributed by atoms with E-state index in [9.17, 15) is 4.79 Å². The Morgan fingerprint density at radius 1 is 1.17 bits per heavy atom. The average molecular weight is 331 g/mol. The highest BCUT2D eigenvalue weighted by Crippen LogP contribution is 2.22. The summed E-state index contributed by atoms with van der Waals surface area (Å²) < 4.78 is 5.74. The zero-order valence-corrected chi connectivity index (χ0v) is 13.6. The maximum Gasteiger partial charge on any atom is 0.225 e. The van der Waals surface area contributed by atoms with Gasteiger partial charge >= 0.3 is 0 Å². The van der Waals surface area contributed by atoms with Crippen molar-refractivity contribution in [2.24, 2.45) is 0 Å². The maximum absolute atomic E-state index is 12.1. The first kappa shape index (κ1) is 15.8. The molecule has 1 amide bonds. The molecule has 0 saturated heterocycles. The number of benzene rings is 2. The van der Waals surface area contributed by atoms with Gasteiger partial charge in [0.05, 0.1) is 0 Å². The minimum absolute atomic E-state index is 0.00535. The summed E-state index contributed by atoms with van der Waals surface area (Å²) in [7, 11) is 0. The average Bonchev–Trinajstić information content (AvgIpc) is 2.77. The third kappa shape index (κ3) is 4.47. The fourth-order valence-corrected chi connectivity index (χ4v) is 2.71. The van der Waals surface area contributed by atoms with Gasteiger partial charge in [0.2, 0.25) is 5.91 Å². The molecule has 0 unspecified atom stereocenters. The van der Waals surface area contributed by atoms with Crippen LogP contribution in [-0.2, 0) is 11.3 Å². The number of nitrogens with zero attached hydrogens (tertiary/aromatic N) is 1. The van der Waals surface area contributed by atoms with Crippen LogP contribution in [0.3, 0.4) is 0 Å². The van der Waals surface area contributed by atoms with Crippen molar-refractivity contribution in [1.82, 2.24) is 4.90 Å². The molecule has 0 radical (unpaired) electrons. The van der Waals surface area contributed by atoms with Gasteiger partial charge in [-0.15, -0.1) is 0 Å². The van der Waals surface area contributed by atoms with Crippen LogP contribution in [0.1, 0.15) is 12.0 Å². The van der Waals surface area contributed by atoms with Gasteiger partial charge in [-0.05, 0) is 30.3 Å². The van der Waals surface area contributed by atoms with Gasteiger partial charge in [0, 0.05) is 42.3 Å². The SMILES string of the molecule is O=C(CCN1CCOc2ccccc2C1)Nc1ccc(Cl)cc1. The Labute approximate surface area is 141 Å². The first-order valence-corrected chi connectivity index (χ1v) is 8.07. The van der Waals surface area contributed by atoms with E-state index < -0.39 is 0 Å². The zero-order chi connectivity index (χ0) is 16.1. The summed E-state index contributed by atoms with van der Waals surface area (Å²) in [4.78, 5) is 14.3. The number of fused-ring (bicyclic) bond motifs is 1. The molecule has 0 bridgehead atoms. The molecule has 0 saturated carbocycles. The first-order valence-electron chi connectivity index (χ1n) is 7.69. The number of para-hydroxylation sites is 1. The Morgan fingerprint density at radius 2 is 1.96 bits per heavy atom. The topological polar surface area (TPSA) is 41.6 Å². The van der Waals surface area contributed by atoms with Crippen LogP contribution in [0.15, 0.2) is 48.5 Å². The summed E-state index contributed by atoms with van der Waals surface area (Å²) >= 11 is 5.84. The molecule has 0 aromatic heterocycles. The van der Waals surface area contributed by atoms with E-state index in [2.05, 4.69) is 16.3 Å². The van der Waals surface area contributed by atoms with Gasteiger partial charge in [0.15, 0.2) is 0 Å². The normalized spacial score (nSPS) is 14.5.